The number of nitrogens with two attached hydrogens (primary N) is 1. The van der Waals surface area contributed by atoms with Gasteiger partial charge in [0.15, 0.2) is 0 Å². The van der Waals surface area contributed by atoms with Gasteiger partial charge in [-0.2, -0.15) is 0 Å². The zero-order valence-electron chi connectivity index (χ0n) is 9.75. The van der Waals surface area contributed by atoms with E-state index in [2.05, 4.69) is 10.2 Å². The van der Waals surface area contributed by atoms with Crippen molar-refractivity contribution in [3.8, 4) is 0 Å². The molecule has 3 nitrogen and oxygen atoms in total. The number of piperazine rings is 1. The van der Waals surface area contributed by atoms with Crippen LogP contribution in [0.3, 0.4) is 0 Å². The predicted molar refractivity (Wildman–Crippen MR) is 63.9 cm³/mol. The minimum Gasteiger partial charge on any atom is -0.327 e. The molecule has 3 N–H and O–H groups in total. The average Bonchev–Trinajstić information content (AvgIpc) is 2.16. The summed E-state index contributed by atoms with van der Waals surface area (Å²) >= 11 is 0. The van der Waals surface area contributed by atoms with Gasteiger partial charge in [-0.05, 0) is 38.1 Å². The molecule has 0 bridgehead atoms. The average molecular weight is 211 g/mol. The minimum absolute atomic E-state index is 0.488. The van der Waals surface area contributed by atoms with Crippen LogP contribution in [0.2, 0.25) is 0 Å². The lowest BCUT2D eigenvalue weighted by Crippen LogP contribution is -2.44. The molecule has 0 radical (unpaired) electrons. The van der Waals surface area contributed by atoms with E-state index in [0.717, 1.165) is 19.0 Å². The zero-order chi connectivity index (χ0) is 10.5. The summed E-state index contributed by atoms with van der Waals surface area (Å²) in [7, 11) is 0. The van der Waals surface area contributed by atoms with Crippen molar-refractivity contribution in [3.63, 3.8) is 0 Å². The van der Waals surface area contributed by atoms with Crippen molar-refractivity contribution < 1.29 is 0 Å². The fraction of sp³-hybridized carbons (Fsp3) is 1.00. The fourth-order valence-corrected chi connectivity index (χ4v) is 2.59. The van der Waals surface area contributed by atoms with Crippen molar-refractivity contribution in [2.75, 3.05) is 32.7 Å². The zero-order valence-corrected chi connectivity index (χ0v) is 9.75. The monoisotopic (exact) mass is 211 g/mol. The van der Waals surface area contributed by atoms with Gasteiger partial charge in [-0.25, -0.2) is 0 Å². The SMILES string of the molecule is NC(CCCN1CCNCC1)C1CCC1. The predicted octanol–water partition coefficient (Wildman–Crippen LogP) is 0.799. The lowest BCUT2D eigenvalue weighted by Gasteiger charge is -2.32. The maximum atomic E-state index is 6.16. The molecular weight excluding hydrogens is 186 g/mol. The van der Waals surface area contributed by atoms with Crippen molar-refractivity contribution in [2.45, 2.75) is 38.1 Å². The topological polar surface area (TPSA) is 41.3 Å². The van der Waals surface area contributed by atoms with Crippen LogP contribution in [0.5, 0.6) is 0 Å². The molecule has 2 aliphatic rings. The molecule has 2 fully saturated rings. The molecule has 0 aromatic heterocycles. The Labute approximate surface area is 93.4 Å². The van der Waals surface area contributed by atoms with Gasteiger partial charge < -0.3 is 16.0 Å². The summed E-state index contributed by atoms with van der Waals surface area (Å²) in [6, 6.07) is 0.488. The van der Waals surface area contributed by atoms with Gasteiger partial charge in [-0.15, -0.1) is 0 Å². The molecule has 1 aliphatic heterocycles. The first-order valence-electron chi connectivity index (χ1n) is 6.55. The van der Waals surface area contributed by atoms with Crippen molar-refractivity contribution in [2.24, 2.45) is 11.7 Å². The van der Waals surface area contributed by atoms with Crippen LogP contribution in [0.15, 0.2) is 0 Å². The van der Waals surface area contributed by atoms with Gasteiger partial charge in [0.1, 0.15) is 0 Å². The van der Waals surface area contributed by atoms with Gasteiger partial charge in [0, 0.05) is 32.2 Å². The number of nitrogens with zero attached hydrogens (tertiary/aromatic N) is 1. The number of rotatable bonds is 5. The van der Waals surface area contributed by atoms with E-state index >= 15 is 0 Å². The second kappa shape index (κ2) is 5.83. The van der Waals surface area contributed by atoms with Gasteiger partial charge in [0.25, 0.3) is 0 Å². The van der Waals surface area contributed by atoms with Crippen LogP contribution in [0.4, 0.5) is 0 Å². The van der Waals surface area contributed by atoms with E-state index in [0.29, 0.717) is 6.04 Å². The van der Waals surface area contributed by atoms with Gasteiger partial charge in [0.2, 0.25) is 0 Å². The molecule has 1 saturated carbocycles. The molecule has 88 valence electrons. The summed E-state index contributed by atoms with van der Waals surface area (Å²) in [6.07, 6.45) is 6.70. The summed E-state index contributed by atoms with van der Waals surface area (Å²) in [5, 5.41) is 3.38. The van der Waals surface area contributed by atoms with Crippen LogP contribution in [0.25, 0.3) is 0 Å². The van der Waals surface area contributed by atoms with E-state index in [-0.39, 0.29) is 0 Å². The standard InChI is InChI=1S/C12H25N3/c13-12(11-3-1-4-11)5-2-8-15-9-6-14-7-10-15/h11-12,14H,1-10,13H2. The van der Waals surface area contributed by atoms with Crippen LogP contribution in [0, 0.1) is 5.92 Å². The number of hydrogen-bond acceptors (Lipinski definition) is 3. The normalized spacial score (nSPS) is 26.2. The van der Waals surface area contributed by atoms with E-state index in [1.165, 1.54) is 51.7 Å². The van der Waals surface area contributed by atoms with Crippen LogP contribution >= 0.6 is 0 Å². The fourth-order valence-electron chi connectivity index (χ4n) is 2.59. The Balaban J connectivity index is 1.53. The Bertz CT molecular complexity index is 172. The highest BCUT2D eigenvalue weighted by molar-refractivity contribution is 4.80. The highest BCUT2D eigenvalue weighted by Gasteiger charge is 2.23. The Morgan fingerprint density at radius 2 is 2.00 bits per heavy atom. The second-order valence-corrected chi connectivity index (χ2v) is 5.09. The molecule has 0 spiro atoms. The van der Waals surface area contributed by atoms with Gasteiger partial charge >= 0.3 is 0 Å². The first kappa shape index (κ1) is 11.4. The molecule has 0 aromatic rings. The van der Waals surface area contributed by atoms with Crippen LogP contribution < -0.4 is 11.1 Å². The van der Waals surface area contributed by atoms with Crippen molar-refractivity contribution in [1.29, 1.82) is 0 Å². The third-order valence-corrected chi connectivity index (χ3v) is 3.98. The second-order valence-electron chi connectivity index (χ2n) is 5.09. The van der Waals surface area contributed by atoms with E-state index < -0.39 is 0 Å². The van der Waals surface area contributed by atoms with Crippen molar-refractivity contribution in [1.82, 2.24) is 10.2 Å². The van der Waals surface area contributed by atoms with Gasteiger partial charge in [-0.3, -0.25) is 0 Å². The molecule has 1 heterocycles. The Morgan fingerprint density at radius 1 is 1.27 bits per heavy atom. The van der Waals surface area contributed by atoms with Gasteiger partial charge in [-0.1, -0.05) is 6.42 Å². The van der Waals surface area contributed by atoms with E-state index in [4.69, 9.17) is 5.73 Å². The lowest BCUT2D eigenvalue weighted by atomic mass is 9.78. The molecule has 1 unspecified atom stereocenters. The maximum Gasteiger partial charge on any atom is 0.0107 e. The number of nitrogens with one attached hydrogen (secondary N) is 1. The van der Waals surface area contributed by atoms with Crippen molar-refractivity contribution >= 4 is 0 Å². The van der Waals surface area contributed by atoms with E-state index in [1.807, 2.05) is 0 Å². The quantitative estimate of drug-likeness (QED) is 0.707. The molecule has 1 aliphatic carbocycles. The first-order valence-corrected chi connectivity index (χ1v) is 6.55. The molecule has 0 amide bonds. The van der Waals surface area contributed by atoms with E-state index in [1.54, 1.807) is 0 Å². The highest BCUT2D eigenvalue weighted by Crippen LogP contribution is 2.30. The summed E-state index contributed by atoms with van der Waals surface area (Å²) in [4.78, 5) is 2.56. The first-order chi connectivity index (χ1) is 7.36. The third kappa shape index (κ3) is 3.44. The smallest absolute Gasteiger partial charge is 0.0107 e. The minimum atomic E-state index is 0.488. The van der Waals surface area contributed by atoms with Crippen LogP contribution in [-0.4, -0.2) is 43.7 Å². The summed E-state index contributed by atoms with van der Waals surface area (Å²) in [6.45, 7) is 6.02. The van der Waals surface area contributed by atoms with E-state index in [9.17, 15) is 0 Å². The van der Waals surface area contributed by atoms with Crippen LogP contribution in [0.1, 0.15) is 32.1 Å². The summed E-state index contributed by atoms with van der Waals surface area (Å²) < 4.78 is 0. The largest absolute Gasteiger partial charge is 0.327 e. The molecular formula is C12H25N3. The Kier molecular flexibility index (Phi) is 4.42. The number of hydrogen-bond donors (Lipinski definition) is 2. The molecule has 1 atom stereocenters. The maximum absolute atomic E-state index is 6.16. The lowest BCUT2D eigenvalue weighted by molar-refractivity contribution is 0.215. The molecule has 15 heavy (non-hydrogen) atoms. The highest BCUT2D eigenvalue weighted by atomic mass is 15.2. The molecule has 0 aromatic carbocycles. The summed E-state index contributed by atoms with van der Waals surface area (Å²) in [5.41, 5.74) is 6.16. The van der Waals surface area contributed by atoms with Crippen LogP contribution in [-0.2, 0) is 0 Å². The van der Waals surface area contributed by atoms with Gasteiger partial charge in [0.05, 0.1) is 0 Å². The molecule has 2 rings (SSSR count). The molecule has 1 saturated heterocycles. The Hall–Kier alpha value is -0.120. The third-order valence-electron chi connectivity index (χ3n) is 3.98. The summed E-state index contributed by atoms with van der Waals surface area (Å²) in [5.74, 6) is 0.855. The van der Waals surface area contributed by atoms with Crippen molar-refractivity contribution in [3.05, 3.63) is 0 Å². The molecule has 3 heteroatoms. The Morgan fingerprint density at radius 3 is 2.60 bits per heavy atom.